The van der Waals surface area contributed by atoms with E-state index in [1.54, 1.807) is 0 Å². The monoisotopic (exact) mass is 259 g/mol. The van der Waals surface area contributed by atoms with Crippen molar-refractivity contribution in [2.45, 2.75) is 5.92 Å². The molecule has 98 valence electrons. The molecule has 3 rings (SSSR count). The summed E-state index contributed by atoms with van der Waals surface area (Å²) in [4.78, 5) is 0. The topological polar surface area (TPSA) is 12.0 Å². The summed E-state index contributed by atoms with van der Waals surface area (Å²) >= 11 is 0. The molecular weight excluding hydrogens is 244 g/mol. The van der Waals surface area contributed by atoms with Crippen molar-refractivity contribution in [1.29, 1.82) is 0 Å². The molecule has 0 spiro atoms. The molecular formula is C16H15F2N. The molecule has 1 aliphatic heterocycles. The third-order valence-electron chi connectivity index (χ3n) is 3.74. The molecule has 0 unspecified atom stereocenters. The molecule has 0 bridgehead atoms. The highest BCUT2D eigenvalue weighted by atomic mass is 19.1. The van der Waals surface area contributed by atoms with Crippen molar-refractivity contribution in [2.24, 2.45) is 5.92 Å². The van der Waals surface area contributed by atoms with Crippen LogP contribution in [0.15, 0.2) is 48.5 Å². The Morgan fingerprint density at radius 1 is 0.789 bits per heavy atom. The van der Waals surface area contributed by atoms with Gasteiger partial charge in [0.1, 0.15) is 11.6 Å². The summed E-state index contributed by atoms with van der Waals surface area (Å²) in [6.07, 6.45) is 0. The maximum Gasteiger partial charge on any atom is 0.123 e. The van der Waals surface area contributed by atoms with E-state index in [2.05, 4.69) is 5.32 Å². The van der Waals surface area contributed by atoms with Crippen molar-refractivity contribution >= 4 is 0 Å². The number of nitrogens with one attached hydrogen (secondary N) is 1. The first-order valence-electron chi connectivity index (χ1n) is 6.45. The van der Waals surface area contributed by atoms with E-state index in [1.165, 1.54) is 24.3 Å². The third-order valence-corrected chi connectivity index (χ3v) is 3.74. The minimum absolute atomic E-state index is 0.197. The van der Waals surface area contributed by atoms with Gasteiger partial charge in [-0.25, -0.2) is 8.78 Å². The summed E-state index contributed by atoms with van der Waals surface area (Å²) in [6.45, 7) is 1.89. The van der Waals surface area contributed by atoms with Crippen molar-refractivity contribution < 1.29 is 8.78 Å². The molecule has 19 heavy (non-hydrogen) atoms. The van der Waals surface area contributed by atoms with Crippen LogP contribution in [0.2, 0.25) is 0 Å². The summed E-state index contributed by atoms with van der Waals surface area (Å²) < 4.78 is 26.1. The molecule has 1 fully saturated rings. The van der Waals surface area contributed by atoms with Crippen LogP contribution in [0.5, 0.6) is 0 Å². The zero-order chi connectivity index (χ0) is 13.2. The first-order valence-corrected chi connectivity index (χ1v) is 6.45. The van der Waals surface area contributed by atoms with E-state index in [9.17, 15) is 8.78 Å². The molecule has 1 N–H and O–H groups in total. The van der Waals surface area contributed by atoms with Crippen LogP contribution < -0.4 is 5.32 Å². The summed E-state index contributed by atoms with van der Waals surface area (Å²) in [7, 11) is 0. The van der Waals surface area contributed by atoms with E-state index >= 15 is 0 Å². The summed E-state index contributed by atoms with van der Waals surface area (Å²) in [5.41, 5.74) is 2.17. The highest BCUT2D eigenvalue weighted by Gasteiger charge is 2.29. The van der Waals surface area contributed by atoms with Crippen LogP contribution in [0.25, 0.3) is 0 Å². The lowest BCUT2D eigenvalue weighted by atomic mass is 9.78. The lowest BCUT2D eigenvalue weighted by molar-refractivity contribution is 0.315. The van der Waals surface area contributed by atoms with Crippen molar-refractivity contribution in [2.75, 3.05) is 13.1 Å². The van der Waals surface area contributed by atoms with Crippen LogP contribution in [-0.4, -0.2) is 13.1 Å². The zero-order valence-electron chi connectivity index (χ0n) is 10.4. The molecule has 0 amide bonds. The van der Waals surface area contributed by atoms with Gasteiger partial charge in [-0.05, 0) is 41.3 Å². The highest BCUT2D eigenvalue weighted by Crippen LogP contribution is 2.34. The standard InChI is InChI=1S/C16H15F2N/c17-14-5-1-11(2-6-14)16(13-9-19-10-13)12-3-7-15(18)8-4-12/h1-8,13,16,19H,9-10H2. The largest absolute Gasteiger partial charge is 0.316 e. The van der Waals surface area contributed by atoms with Gasteiger partial charge in [0.05, 0.1) is 0 Å². The minimum atomic E-state index is -0.228. The van der Waals surface area contributed by atoms with Gasteiger partial charge in [0.15, 0.2) is 0 Å². The number of benzene rings is 2. The van der Waals surface area contributed by atoms with E-state index in [0.29, 0.717) is 5.92 Å². The predicted molar refractivity (Wildman–Crippen MR) is 71.0 cm³/mol. The second-order valence-corrected chi connectivity index (χ2v) is 5.00. The molecule has 0 aromatic heterocycles. The Balaban J connectivity index is 1.97. The third kappa shape index (κ3) is 2.51. The zero-order valence-corrected chi connectivity index (χ0v) is 10.4. The number of hydrogen-bond acceptors (Lipinski definition) is 1. The molecule has 0 aliphatic carbocycles. The van der Waals surface area contributed by atoms with Gasteiger partial charge in [0.2, 0.25) is 0 Å². The van der Waals surface area contributed by atoms with E-state index in [0.717, 1.165) is 24.2 Å². The molecule has 1 nitrogen and oxygen atoms in total. The van der Waals surface area contributed by atoms with Gasteiger partial charge >= 0.3 is 0 Å². The Morgan fingerprint density at radius 3 is 1.53 bits per heavy atom. The first-order chi connectivity index (χ1) is 9.24. The molecule has 1 aliphatic rings. The van der Waals surface area contributed by atoms with E-state index < -0.39 is 0 Å². The van der Waals surface area contributed by atoms with Crippen LogP contribution in [0.4, 0.5) is 8.78 Å². The molecule has 0 atom stereocenters. The molecule has 0 saturated carbocycles. The predicted octanol–water partition coefficient (Wildman–Crippen LogP) is 3.32. The van der Waals surface area contributed by atoms with Crippen LogP contribution >= 0.6 is 0 Å². The van der Waals surface area contributed by atoms with Crippen molar-refractivity contribution in [3.63, 3.8) is 0 Å². The van der Waals surface area contributed by atoms with Gasteiger partial charge in [-0.3, -0.25) is 0 Å². The number of halogens is 2. The fourth-order valence-electron chi connectivity index (χ4n) is 2.62. The Hall–Kier alpha value is -1.74. The second kappa shape index (κ2) is 5.10. The SMILES string of the molecule is Fc1ccc(C(c2ccc(F)cc2)C2CNC2)cc1. The van der Waals surface area contributed by atoms with Gasteiger partial charge in [-0.2, -0.15) is 0 Å². The fraction of sp³-hybridized carbons (Fsp3) is 0.250. The van der Waals surface area contributed by atoms with Gasteiger partial charge in [-0.15, -0.1) is 0 Å². The van der Waals surface area contributed by atoms with Gasteiger partial charge in [-0.1, -0.05) is 24.3 Å². The Morgan fingerprint density at radius 2 is 1.21 bits per heavy atom. The second-order valence-electron chi connectivity index (χ2n) is 5.00. The van der Waals surface area contributed by atoms with E-state index in [1.807, 2.05) is 24.3 Å². The highest BCUT2D eigenvalue weighted by molar-refractivity contribution is 5.34. The molecule has 1 heterocycles. The van der Waals surface area contributed by atoms with Crippen LogP contribution in [0.1, 0.15) is 17.0 Å². The maximum absolute atomic E-state index is 13.0. The van der Waals surface area contributed by atoms with E-state index in [4.69, 9.17) is 0 Å². The molecule has 2 aromatic carbocycles. The number of rotatable bonds is 3. The summed E-state index contributed by atoms with van der Waals surface area (Å²) in [6, 6.07) is 13.2. The van der Waals surface area contributed by atoms with Gasteiger partial charge < -0.3 is 5.32 Å². The number of hydrogen-bond donors (Lipinski definition) is 1. The van der Waals surface area contributed by atoms with Gasteiger partial charge in [0, 0.05) is 19.0 Å². The van der Waals surface area contributed by atoms with E-state index in [-0.39, 0.29) is 17.6 Å². The molecule has 1 saturated heterocycles. The first kappa shape index (κ1) is 12.3. The molecule has 3 heteroatoms. The summed E-state index contributed by atoms with van der Waals surface area (Å²) in [5.74, 6) is 0.222. The van der Waals surface area contributed by atoms with Crippen LogP contribution in [-0.2, 0) is 0 Å². The van der Waals surface area contributed by atoms with Crippen LogP contribution in [0.3, 0.4) is 0 Å². The van der Waals surface area contributed by atoms with Gasteiger partial charge in [0.25, 0.3) is 0 Å². The fourth-order valence-corrected chi connectivity index (χ4v) is 2.62. The quantitative estimate of drug-likeness (QED) is 0.891. The smallest absolute Gasteiger partial charge is 0.123 e. The normalized spacial score (nSPS) is 15.5. The lowest BCUT2D eigenvalue weighted by Crippen LogP contribution is -2.45. The average molecular weight is 259 g/mol. The average Bonchev–Trinajstić information content (AvgIpc) is 2.36. The Kier molecular flexibility index (Phi) is 3.30. The van der Waals surface area contributed by atoms with Crippen LogP contribution in [0, 0.1) is 17.6 Å². The minimum Gasteiger partial charge on any atom is -0.316 e. The summed E-state index contributed by atoms with van der Waals surface area (Å²) in [5, 5.41) is 3.26. The van der Waals surface area contributed by atoms with Crippen molar-refractivity contribution in [3.05, 3.63) is 71.3 Å². The maximum atomic E-state index is 13.0. The Bertz CT molecular complexity index is 498. The Labute approximate surface area is 111 Å². The van der Waals surface area contributed by atoms with Crippen molar-refractivity contribution in [3.8, 4) is 0 Å². The lowest BCUT2D eigenvalue weighted by Gasteiger charge is -2.35. The molecule has 0 radical (unpaired) electrons. The molecule has 2 aromatic rings. The van der Waals surface area contributed by atoms with Crippen molar-refractivity contribution in [1.82, 2.24) is 5.32 Å².